The molecule has 1 heterocycles. The van der Waals surface area contributed by atoms with Gasteiger partial charge in [0, 0.05) is 18.9 Å². The van der Waals surface area contributed by atoms with Crippen LogP contribution in [0.25, 0.3) is 0 Å². The molecule has 1 aliphatic heterocycles. The molecule has 0 radical (unpaired) electrons. The van der Waals surface area contributed by atoms with Crippen LogP contribution in [0.1, 0.15) is 26.7 Å². The van der Waals surface area contributed by atoms with Crippen LogP contribution in [-0.2, 0) is 14.8 Å². The minimum atomic E-state index is -3.55. The Morgan fingerprint density at radius 1 is 1.29 bits per heavy atom. The van der Waals surface area contributed by atoms with E-state index in [0.717, 1.165) is 12.8 Å². The maximum Gasteiger partial charge on any atom is 0.242 e. The van der Waals surface area contributed by atoms with Crippen molar-refractivity contribution in [3.05, 3.63) is 18.2 Å². The van der Waals surface area contributed by atoms with E-state index >= 15 is 0 Å². The van der Waals surface area contributed by atoms with Gasteiger partial charge in [-0.2, -0.15) is 0 Å². The highest BCUT2D eigenvalue weighted by Crippen LogP contribution is 2.28. The maximum absolute atomic E-state index is 11.8. The zero-order valence-electron chi connectivity index (χ0n) is 12.5. The van der Waals surface area contributed by atoms with E-state index in [2.05, 4.69) is 4.72 Å². The molecule has 0 aromatic heterocycles. The molecule has 21 heavy (non-hydrogen) atoms. The topological polar surface area (TPSA) is 90.7 Å². The van der Waals surface area contributed by atoms with Crippen LogP contribution in [0.4, 0.5) is 5.69 Å². The third-order valence-electron chi connectivity index (χ3n) is 3.50. The van der Waals surface area contributed by atoms with E-state index in [1.165, 1.54) is 13.1 Å². The number of benzene rings is 1. The Bertz CT molecular complexity index is 593. The van der Waals surface area contributed by atoms with Gasteiger partial charge in [-0.1, -0.05) is 0 Å². The molecule has 0 amide bonds. The lowest BCUT2D eigenvalue weighted by atomic mass is 10.0. The van der Waals surface area contributed by atoms with Gasteiger partial charge < -0.3 is 15.2 Å². The van der Waals surface area contributed by atoms with Crippen LogP contribution in [0.3, 0.4) is 0 Å². The van der Waals surface area contributed by atoms with E-state index < -0.39 is 10.0 Å². The second-order valence-electron chi connectivity index (χ2n) is 5.38. The molecule has 1 fully saturated rings. The van der Waals surface area contributed by atoms with Crippen LogP contribution in [-0.4, -0.2) is 33.8 Å². The van der Waals surface area contributed by atoms with Gasteiger partial charge in [0.25, 0.3) is 0 Å². The third kappa shape index (κ3) is 3.87. The van der Waals surface area contributed by atoms with Gasteiger partial charge in [0.1, 0.15) is 16.7 Å². The summed E-state index contributed by atoms with van der Waals surface area (Å²) in [4.78, 5) is 0.0612. The number of rotatable bonds is 4. The summed E-state index contributed by atoms with van der Waals surface area (Å²) < 4.78 is 37.3. The maximum atomic E-state index is 11.8. The first-order valence-corrected chi connectivity index (χ1v) is 8.45. The summed E-state index contributed by atoms with van der Waals surface area (Å²) in [7, 11) is -2.20. The molecule has 0 aliphatic carbocycles. The van der Waals surface area contributed by atoms with Crippen molar-refractivity contribution in [3.63, 3.8) is 0 Å². The summed E-state index contributed by atoms with van der Waals surface area (Å²) in [5.74, 6) is 0.578. The van der Waals surface area contributed by atoms with Gasteiger partial charge in [-0.25, -0.2) is 13.1 Å². The van der Waals surface area contributed by atoms with Gasteiger partial charge in [-0.05, 0) is 33.0 Å². The predicted molar refractivity (Wildman–Crippen MR) is 80.8 cm³/mol. The first-order valence-electron chi connectivity index (χ1n) is 6.97. The molecule has 1 aromatic rings. The summed E-state index contributed by atoms with van der Waals surface area (Å²) >= 11 is 0. The van der Waals surface area contributed by atoms with E-state index in [9.17, 15) is 8.42 Å². The summed E-state index contributed by atoms with van der Waals surface area (Å²) in [5.41, 5.74) is 5.99. The minimum Gasteiger partial charge on any atom is -0.490 e. The Morgan fingerprint density at radius 2 is 1.90 bits per heavy atom. The number of nitrogen functional groups attached to an aromatic ring is 1. The smallest absolute Gasteiger partial charge is 0.242 e. The summed E-state index contributed by atoms with van der Waals surface area (Å²) in [5, 5.41) is 0. The van der Waals surface area contributed by atoms with E-state index in [4.69, 9.17) is 15.2 Å². The number of nitrogens with one attached hydrogen (secondary N) is 1. The lowest BCUT2D eigenvalue weighted by Crippen LogP contribution is -2.35. The first kappa shape index (κ1) is 16.1. The van der Waals surface area contributed by atoms with E-state index in [-0.39, 0.29) is 28.9 Å². The summed E-state index contributed by atoms with van der Waals surface area (Å²) in [6.07, 6.45) is 1.97. The predicted octanol–water partition coefficient (Wildman–Crippen LogP) is 1.51. The van der Waals surface area contributed by atoms with Crippen molar-refractivity contribution in [2.75, 3.05) is 12.8 Å². The molecule has 3 N–H and O–H groups in total. The van der Waals surface area contributed by atoms with E-state index in [0.29, 0.717) is 5.75 Å². The molecule has 2 atom stereocenters. The lowest BCUT2D eigenvalue weighted by Gasteiger charge is -2.32. The average molecular weight is 314 g/mol. The first-order chi connectivity index (χ1) is 9.81. The number of ether oxygens (including phenoxy) is 2. The summed E-state index contributed by atoms with van der Waals surface area (Å²) in [6, 6.07) is 4.64. The Morgan fingerprint density at radius 3 is 2.43 bits per heavy atom. The highest BCUT2D eigenvalue weighted by Gasteiger charge is 2.26. The fourth-order valence-corrected chi connectivity index (χ4v) is 3.42. The van der Waals surface area contributed by atoms with Crippen LogP contribution in [0.15, 0.2) is 23.1 Å². The number of hydrogen-bond acceptors (Lipinski definition) is 5. The number of sulfonamides is 1. The second-order valence-corrected chi connectivity index (χ2v) is 7.23. The highest BCUT2D eigenvalue weighted by molar-refractivity contribution is 7.89. The number of nitrogens with two attached hydrogens (primary N) is 1. The molecule has 1 saturated heterocycles. The lowest BCUT2D eigenvalue weighted by molar-refractivity contribution is -0.0721. The van der Waals surface area contributed by atoms with E-state index in [1.807, 2.05) is 13.8 Å². The molecule has 7 heteroatoms. The monoisotopic (exact) mass is 314 g/mol. The minimum absolute atomic E-state index is 0.0508. The fraction of sp³-hybridized carbons (Fsp3) is 0.571. The van der Waals surface area contributed by atoms with Crippen molar-refractivity contribution in [2.24, 2.45) is 0 Å². The highest BCUT2D eigenvalue weighted by atomic mass is 32.2. The fourth-order valence-electron chi connectivity index (χ4n) is 2.59. The molecule has 0 saturated carbocycles. The molecule has 0 bridgehead atoms. The van der Waals surface area contributed by atoms with Crippen LogP contribution in [0.5, 0.6) is 5.75 Å². The molecule has 2 rings (SSSR count). The molecule has 1 aromatic carbocycles. The quantitative estimate of drug-likeness (QED) is 0.822. The largest absolute Gasteiger partial charge is 0.490 e. The Kier molecular flexibility index (Phi) is 4.75. The van der Waals surface area contributed by atoms with Crippen LogP contribution in [0.2, 0.25) is 0 Å². The van der Waals surface area contributed by atoms with E-state index in [1.54, 1.807) is 12.1 Å². The SMILES string of the molecule is CNS(=O)(=O)c1ccc(OC2CC(C)OC(C)C2)cc1N. The van der Waals surface area contributed by atoms with Crippen LogP contribution < -0.4 is 15.2 Å². The molecular weight excluding hydrogens is 292 g/mol. The third-order valence-corrected chi connectivity index (χ3v) is 4.98. The Balaban J connectivity index is 2.14. The van der Waals surface area contributed by atoms with Crippen molar-refractivity contribution in [1.29, 1.82) is 0 Å². The molecule has 1 aliphatic rings. The van der Waals surface area contributed by atoms with Crippen molar-refractivity contribution < 1.29 is 17.9 Å². The van der Waals surface area contributed by atoms with Gasteiger partial charge >= 0.3 is 0 Å². The van der Waals surface area contributed by atoms with Gasteiger partial charge in [0.15, 0.2) is 0 Å². The summed E-state index contributed by atoms with van der Waals surface area (Å²) in [6.45, 7) is 4.03. The Labute approximate surface area is 125 Å². The number of hydrogen-bond donors (Lipinski definition) is 2. The number of anilines is 1. The molecule has 0 spiro atoms. The van der Waals surface area contributed by atoms with Crippen LogP contribution >= 0.6 is 0 Å². The van der Waals surface area contributed by atoms with Gasteiger partial charge in [-0.3, -0.25) is 0 Å². The van der Waals surface area contributed by atoms with Gasteiger partial charge in [0.05, 0.1) is 17.9 Å². The second kappa shape index (κ2) is 6.21. The normalized spacial score (nSPS) is 26.5. The van der Waals surface area contributed by atoms with Crippen molar-refractivity contribution in [2.45, 2.75) is 49.9 Å². The van der Waals surface area contributed by atoms with Crippen molar-refractivity contribution in [3.8, 4) is 5.75 Å². The average Bonchev–Trinajstić information content (AvgIpc) is 2.37. The molecule has 2 unspecified atom stereocenters. The standard InChI is InChI=1S/C14H22N2O4S/c1-9-6-12(7-10(2)19-9)20-11-4-5-14(13(15)8-11)21(17,18)16-3/h4-5,8-10,12,16H,6-7,15H2,1-3H3. The molecular formula is C14H22N2O4S. The van der Waals surface area contributed by atoms with Crippen molar-refractivity contribution in [1.82, 2.24) is 4.72 Å². The van der Waals surface area contributed by atoms with Gasteiger partial charge in [-0.15, -0.1) is 0 Å². The van der Waals surface area contributed by atoms with Crippen molar-refractivity contribution >= 4 is 15.7 Å². The van der Waals surface area contributed by atoms with Crippen LogP contribution in [0, 0.1) is 0 Å². The zero-order chi connectivity index (χ0) is 15.6. The van der Waals surface area contributed by atoms with Gasteiger partial charge in [0.2, 0.25) is 10.0 Å². The Hall–Kier alpha value is -1.31. The zero-order valence-corrected chi connectivity index (χ0v) is 13.3. The molecule has 118 valence electrons. The molecule has 6 nitrogen and oxygen atoms in total.